The maximum absolute atomic E-state index is 12.4. The lowest BCUT2D eigenvalue weighted by atomic mass is 10.2. The molecule has 8 nitrogen and oxygen atoms in total. The molecule has 3 rings (SSSR count). The highest BCUT2D eigenvalue weighted by atomic mass is 32.2. The Hall–Kier alpha value is -1.71. The Bertz CT molecular complexity index is 755. The van der Waals surface area contributed by atoms with Crippen LogP contribution in [0.2, 0.25) is 0 Å². The van der Waals surface area contributed by atoms with Gasteiger partial charge in [-0.15, -0.1) is 0 Å². The summed E-state index contributed by atoms with van der Waals surface area (Å²) in [5.41, 5.74) is 0. The predicted molar refractivity (Wildman–Crippen MR) is 107 cm³/mol. The van der Waals surface area contributed by atoms with Gasteiger partial charge in [0.25, 0.3) is 5.91 Å². The second kappa shape index (κ2) is 9.19. The van der Waals surface area contributed by atoms with Crippen LogP contribution < -0.4 is 9.62 Å². The van der Waals surface area contributed by atoms with Gasteiger partial charge in [-0.05, 0) is 38.3 Å². The highest BCUT2D eigenvalue weighted by Gasteiger charge is 2.30. The minimum Gasteiger partial charge on any atom is -0.368 e. The third kappa shape index (κ3) is 5.01. The summed E-state index contributed by atoms with van der Waals surface area (Å²) < 4.78 is 33.0. The van der Waals surface area contributed by atoms with Gasteiger partial charge in [-0.1, -0.05) is 13.3 Å². The van der Waals surface area contributed by atoms with Gasteiger partial charge in [-0.2, -0.15) is 0 Å². The van der Waals surface area contributed by atoms with Crippen molar-refractivity contribution >= 4 is 21.7 Å². The van der Waals surface area contributed by atoms with Crippen LogP contribution in [0.1, 0.15) is 39.5 Å². The van der Waals surface area contributed by atoms with Crippen molar-refractivity contribution in [3.05, 3.63) is 18.3 Å². The van der Waals surface area contributed by atoms with Crippen molar-refractivity contribution in [2.24, 2.45) is 0 Å². The highest BCUT2D eigenvalue weighted by Crippen LogP contribution is 2.19. The maximum atomic E-state index is 12.4. The van der Waals surface area contributed by atoms with Crippen molar-refractivity contribution in [1.82, 2.24) is 14.6 Å². The third-order valence-electron chi connectivity index (χ3n) is 5.23. The lowest BCUT2D eigenvalue weighted by Crippen LogP contribution is -2.51. The zero-order chi connectivity index (χ0) is 20.1. The number of hydrogen-bond donors (Lipinski definition) is 1. The fourth-order valence-corrected chi connectivity index (χ4v) is 4.90. The smallest absolute Gasteiger partial charge is 0.251 e. The van der Waals surface area contributed by atoms with Crippen LogP contribution in [0.25, 0.3) is 0 Å². The van der Waals surface area contributed by atoms with Crippen LogP contribution >= 0.6 is 0 Å². The number of anilines is 1. The normalized spacial score (nSPS) is 21.7. The number of pyridine rings is 1. The van der Waals surface area contributed by atoms with E-state index < -0.39 is 10.0 Å². The second-order valence-electron chi connectivity index (χ2n) is 7.48. The summed E-state index contributed by atoms with van der Waals surface area (Å²) in [6.07, 6.45) is 4.59. The van der Waals surface area contributed by atoms with Gasteiger partial charge in [-0.25, -0.2) is 18.1 Å². The molecule has 2 saturated heterocycles. The fraction of sp³-hybridized carbons (Fsp3) is 0.684. The predicted octanol–water partition coefficient (Wildman–Crippen LogP) is 1.38. The van der Waals surface area contributed by atoms with E-state index in [9.17, 15) is 13.2 Å². The van der Waals surface area contributed by atoms with Gasteiger partial charge in [0.1, 0.15) is 16.8 Å². The molecule has 2 aliphatic rings. The van der Waals surface area contributed by atoms with Gasteiger partial charge in [-0.3, -0.25) is 4.79 Å². The van der Waals surface area contributed by atoms with Gasteiger partial charge >= 0.3 is 0 Å². The Morgan fingerprint density at radius 2 is 2.07 bits per heavy atom. The van der Waals surface area contributed by atoms with Crippen molar-refractivity contribution in [3.8, 4) is 0 Å². The third-order valence-corrected chi connectivity index (χ3v) is 6.80. The largest absolute Gasteiger partial charge is 0.368 e. The van der Waals surface area contributed by atoms with Gasteiger partial charge in [0.2, 0.25) is 10.0 Å². The number of hydrogen-bond acceptors (Lipinski definition) is 6. The molecule has 0 spiro atoms. The van der Waals surface area contributed by atoms with Crippen LogP contribution in [0.15, 0.2) is 23.2 Å². The average molecular weight is 411 g/mol. The summed E-state index contributed by atoms with van der Waals surface area (Å²) in [7, 11) is -3.56. The number of nitrogens with one attached hydrogen (secondary N) is 1. The van der Waals surface area contributed by atoms with Crippen LogP contribution in [0, 0.1) is 0 Å². The van der Waals surface area contributed by atoms with Crippen LogP contribution in [-0.4, -0.2) is 69.1 Å². The zero-order valence-electron chi connectivity index (χ0n) is 16.6. The van der Waals surface area contributed by atoms with Gasteiger partial charge in [0.05, 0.1) is 0 Å². The SMILES string of the molecule is CCCC(C)NS(=O)(=O)c1ccc(N2CCN(C(=O)C3CCCO3)CC2)nc1. The van der Waals surface area contributed by atoms with Gasteiger partial charge in [0, 0.05) is 45.0 Å². The molecular weight excluding hydrogens is 380 g/mol. The van der Waals surface area contributed by atoms with Crippen LogP contribution in [0.4, 0.5) is 5.82 Å². The molecule has 9 heteroatoms. The number of amides is 1. The summed E-state index contributed by atoms with van der Waals surface area (Å²) in [6, 6.07) is 3.22. The number of sulfonamides is 1. The number of carbonyl (C=O) groups is 1. The van der Waals surface area contributed by atoms with E-state index in [1.54, 1.807) is 12.1 Å². The lowest BCUT2D eigenvalue weighted by Gasteiger charge is -2.36. The maximum Gasteiger partial charge on any atom is 0.251 e. The quantitative estimate of drug-likeness (QED) is 0.730. The summed E-state index contributed by atoms with van der Waals surface area (Å²) in [4.78, 5) is 20.9. The fourth-order valence-electron chi connectivity index (χ4n) is 3.68. The molecule has 156 valence electrons. The summed E-state index contributed by atoms with van der Waals surface area (Å²) in [5, 5.41) is 0. The molecular formula is C19H30N4O4S. The molecule has 1 aromatic heterocycles. The molecule has 1 amide bonds. The minimum absolute atomic E-state index is 0.0822. The summed E-state index contributed by atoms with van der Waals surface area (Å²) in [5.74, 6) is 0.809. The molecule has 2 unspecified atom stereocenters. The molecule has 0 aromatic carbocycles. The van der Waals surface area contributed by atoms with Crippen molar-refractivity contribution in [3.63, 3.8) is 0 Å². The summed E-state index contributed by atoms with van der Waals surface area (Å²) in [6.45, 7) is 7.14. The average Bonchev–Trinajstić information content (AvgIpc) is 3.22. The van der Waals surface area contributed by atoms with Crippen molar-refractivity contribution in [2.75, 3.05) is 37.7 Å². The van der Waals surface area contributed by atoms with E-state index in [2.05, 4.69) is 14.6 Å². The molecule has 1 aromatic rings. The second-order valence-corrected chi connectivity index (χ2v) is 9.19. The molecule has 2 aliphatic heterocycles. The first-order valence-corrected chi connectivity index (χ1v) is 11.5. The molecule has 0 saturated carbocycles. The van der Waals surface area contributed by atoms with E-state index in [-0.39, 0.29) is 22.9 Å². The Kier molecular flexibility index (Phi) is 6.90. The Morgan fingerprint density at radius 1 is 1.32 bits per heavy atom. The van der Waals surface area contributed by atoms with E-state index in [1.165, 1.54) is 6.20 Å². The minimum atomic E-state index is -3.56. The number of nitrogens with zero attached hydrogens (tertiary/aromatic N) is 3. The van der Waals surface area contributed by atoms with Gasteiger partial charge < -0.3 is 14.5 Å². The van der Waals surface area contributed by atoms with Crippen LogP contribution in [0.3, 0.4) is 0 Å². The highest BCUT2D eigenvalue weighted by molar-refractivity contribution is 7.89. The standard InChI is InChI=1S/C19H30N4O4S/c1-3-5-15(2)21-28(25,26)16-7-8-18(20-14-16)22-9-11-23(12-10-22)19(24)17-6-4-13-27-17/h7-8,14-15,17,21H,3-6,9-13H2,1-2H3. The molecule has 3 heterocycles. The van der Waals surface area contributed by atoms with Gasteiger partial charge in [0.15, 0.2) is 0 Å². The van der Waals surface area contributed by atoms with Crippen molar-refractivity contribution in [2.45, 2.75) is 56.6 Å². The number of ether oxygens (including phenoxy) is 1. The van der Waals surface area contributed by atoms with E-state index >= 15 is 0 Å². The first-order chi connectivity index (χ1) is 13.4. The Balaban J connectivity index is 1.56. The molecule has 0 radical (unpaired) electrons. The number of carbonyl (C=O) groups excluding carboxylic acids is 1. The monoisotopic (exact) mass is 410 g/mol. The molecule has 1 N–H and O–H groups in total. The van der Waals surface area contributed by atoms with E-state index in [0.29, 0.717) is 32.8 Å². The first-order valence-electron chi connectivity index (χ1n) is 10.0. The number of piperazine rings is 1. The summed E-state index contributed by atoms with van der Waals surface area (Å²) >= 11 is 0. The van der Waals surface area contributed by atoms with E-state index in [1.807, 2.05) is 18.7 Å². The van der Waals surface area contributed by atoms with E-state index in [0.717, 1.165) is 31.5 Å². The van der Waals surface area contributed by atoms with Crippen LogP contribution in [0.5, 0.6) is 0 Å². The topological polar surface area (TPSA) is 91.8 Å². The lowest BCUT2D eigenvalue weighted by molar-refractivity contribution is -0.141. The first kappa shape index (κ1) is 21.0. The molecule has 28 heavy (non-hydrogen) atoms. The van der Waals surface area contributed by atoms with Crippen molar-refractivity contribution in [1.29, 1.82) is 0 Å². The number of aromatic nitrogens is 1. The Labute approximate surface area is 167 Å². The van der Waals surface area contributed by atoms with Crippen LogP contribution in [-0.2, 0) is 19.6 Å². The van der Waals surface area contributed by atoms with E-state index in [4.69, 9.17) is 4.74 Å². The zero-order valence-corrected chi connectivity index (χ0v) is 17.5. The number of rotatable bonds is 7. The molecule has 0 bridgehead atoms. The molecule has 2 atom stereocenters. The van der Waals surface area contributed by atoms with Crippen molar-refractivity contribution < 1.29 is 17.9 Å². The Morgan fingerprint density at radius 3 is 2.64 bits per heavy atom. The molecule has 2 fully saturated rings. The molecule has 0 aliphatic carbocycles.